The summed E-state index contributed by atoms with van der Waals surface area (Å²) in [6.07, 6.45) is -16.3. The van der Waals surface area contributed by atoms with E-state index in [9.17, 15) is 39.5 Å². The third-order valence-corrected chi connectivity index (χ3v) is 5.64. The van der Waals surface area contributed by atoms with Gasteiger partial charge in [-0.3, -0.25) is 5.01 Å². The first-order chi connectivity index (χ1) is 16.4. The molecule has 1 aromatic rings. The lowest BCUT2D eigenvalue weighted by atomic mass is 10.1. The van der Waals surface area contributed by atoms with Crippen molar-refractivity contribution < 1.29 is 39.5 Å². The quantitative estimate of drug-likeness (QED) is 0.290. The molecule has 2 heterocycles. The van der Waals surface area contributed by atoms with Crippen molar-refractivity contribution in [3.8, 4) is 0 Å². The molecule has 2 N–H and O–H groups in total. The van der Waals surface area contributed by atoms with Crippen molar-refractivity contribution in [2.75, 3.05) is 11.6 Å². The van der Waals surface area contributed by atoms with E-state index < -0.39 is 68.9 Å². The molecule has 16 heteroatoms. The Kier molecular flexibility index (Phi) is 7.83. The summed E-state index contributed by atoms with van der Waals surface area (Å²) in [5.74, 6) is -2.22. The van der Waals surface area contributed by atoms with E-state index in [1.165, 1.54) is 0 Å². The van der Waals surface area contributed by atoms with Gasteiger partial charge in [-0.25, -0.2) is 9.98 Å². The number of alkyl halides is 9. The Labute approximate surface area is 209 Å². The number of benzene rings is 1. The topological polar surface area (TPSA) is 52.0 Å². The van der Waals surface area contributed by atoms with Gasteiger partial charge in [-0.1, -0.05) is 37.0 Å². The van der Waals surface area contributed by atoms with Crippen LogP contribution in [0.4, 0.5) is 45.2 Å². The van der Waals surface area contributed by atoms with Gasteiger partial charge < -0.3 is 5.32 Å². The number of hydrazine groups is 1. The van der Waals surface area contributed by atoms with Crippen molar-refractivity contribution >= 4 is 40.4 Å². The molecule has 200 valence electrons. The Morgan fingerprint density at radius 1 is 0.972 bits per heavy atom. The van der Waals surface area contributed by atoms with E-state index >= 15 is 0 Å². The number of anilines is 1. The molecule has 5 nitrogen and oxygen atoms in total. The van der Waals surface area contributed by atoms with Crippen LogP contribution >= 0.6 is 23.2 Å². The summed E-state index contributed by atoms with van der Waals surface area (Å²) in [6, 6.07) is 0.993. The van der Waals surface area contributed by atoms with E-state index in [0.29, 0.717) is 25.0 Å². The minimum atomic E-state index is -5.32. The van der Waals surface area contributed by atoms with Gasteiger partial charge in [0.1, 0.15) is 12.0 Å². The van der Waals surface area contributed by atoms with Crippen LogP contribution < -0.4 is 15.8 Å². The zero-order valence-electron chi connectivity index (χ0n) is 18.4. The van der Waals surface area contributed by atoms with Crippen molar-refractivity contribution in [2.45, 2.75) is 51.4 Å². The Morgan fingerprint density at radius 2 is 1.56 bits per heavy atom. The number of nitrogens with one attached hydrogen (secondary N) is 2. The van der Waals surface area contributed by atoms with Crippen LogP contribution in [0.1, 0.15) is 32.3 Å². The second kappa shape index (κ2) is 9.93. The molecule has 0 saturated carbocycles. The molecule has 0 radical (unpaired) electrons. The van der Waals surface area contributed by atoms with Gasteiger partial charge in [0.2, 0.25) is 5.84 Å². The van der Waals surface area contributed by atoms with Crippen LogP contribution in [0.2, 0.25) is 10.0 Å². The maximum atomic E-state index is 13.8. The number of amidine groups is 1. The van der Waals surface area contributed by atoms with Gasteiger partial charge in [0.15, 0.2) is 5.71 Å². The van der Waals surface area contributed by atoms with Gasteiger partial charge in [0.05, 0.1) is 26.9 Å². The number of rotatable bonds is 6. The lowest BCUT2D eigenvalue weighted by Crippen LogP contribution is -2.43. The standard InChI is InChI=1S/C20H18Cl2F9N5/c1-8(2)4-3-5-32-16-12-14(19(26,27)28)33-17(20(29,30)31)34-15(12)35-36(16)13-10(21)6-9(7-11(13)22)18(23,24)25/h6-8,15,32,35H,3-5H2,1-2H3. The second-order valence-electron chi connectivity index (χ2n) is 8.29. The fraction of sp³-hybridized carbons (Fsp3) is 0.500. The van der Waals surface area contributed by atoms with E-state index in [4.69, 9.17) is 23.2 Å². The monoisotopic (exact) mass is 569 g/mol. The lowest BCUT2D eigenvalue weighted by Gasteiger charge is -2.26. The fourth-order valence-electron chi connectivity index (χ4n) is 3.52. The zero-order valence-corrected chi connectivity index (χ0v) is 19.9. The molecular weight excluding hydrogens is 552 g/mol. The molecular formula is C20H18Cl2F9N5. The summed E-state index contributed by atoms with van der Waals surface area (Å²) in [7, 11) is 0. The Hall–Kier alpha value is -2.19. The molecule has 0 amide bonds. The number of hydrogen-bond acceptors (Lipinski definition) is 5. The minimum Gasteiger partial charge on any atom is -0.370 e. The minimum absolute atomic E-state index is 0.0682. The predicted octanol–water partition coefficient (Wildman–Crippen LogP) is 6.88. The Bertz CT molecular complexity index is 1080. The fourth-order valence-corrected chi connectivity index (χ4v) is 4.17. The summed E-state index contributed by atoms with van der Waals surface area (Å²) >= 11 is 12.1. The van der Waals surface area contributed by atoms with Crippen LogP contribution in [0.25, 0.3) is 0 Å². The molecule has 2 aliphatic heterocycles. The first kappa shape index (κ1) is 28.4. The molecule has 1 unspecified atom stereocenters. The number of aliphatic imine (C=N–C) groups is 2. The van der Waals surface area contributed by atoms with Gasteiger partial charge in [-0.05, 0) is 30.9 Å². The highest BCUT2D eigenvalue weighted by Gasteiger charge is 2.52. The average Bonchev–Trinajstić information content (AvgIpc) is 3.05. The smallest absolute Gasteiger partial charge is 0.370 e. The maximum absolute atomic E-state index is 13.8. The summed E-state index contributed by atoms with van der Waals surface area (Å²) in [4.78, 5) is 6.00. The van der Waals surface area contributed by atoms with Gasteiger partial charge in [0.25, 0.3) is 0 Å². The molecule has 3 rings (SSSR count). The summed E-state index contributed by atoms with van der Waals surface area (Å²) in [6.45, 7) is 3.89. The summed E-state index contributed by atoms with van der Waals surface area (Å²) in [5.41, 5.74) is -1.96. The average molecular weight is 570 g/mol. The van der Waals surface area contributed by atoms with Crippen LogP contribution in [0, 0.1) is 5.92 Å². The lowest BCUT2D eigenvalue weighted by molar-refractivity contribution is -0.137. The van der Waals surface area contributed by atoms with Crippen LogP contribution in [0.3, 0.4) is 0 Å². The largest absolute Gasteiger partial charge is 0.451 e. The Balaban J connectivity index is 2.17. The summed E-state index contributed by atoms with van der Waals surface area (Å²) in [5, 5.41) is 2.25. The number of nitrogens with zero attached hydrogens (tertiary/aromatic N) is 3. The van der Waals surface area contributed by atoms with Gasteiger partial charge in [-0.15, -0.1) is 0 Å². The van der Waals surface area contributed by atoms with Crippen molar-refractivity contribution in [1.29, 1.82) is 0 Å². The van der Waals surface area contributed by atoms with Crippen molar-refractivity contribution in [3.05, 3.63) is 39.1 Å². The van der Waals surface area contributed by atoms with Gasteiger partial charge in [0, 0.05) is 6.54 Å². The molecule has 1 atom stereocenters. The van der Waals surface area contributed by atoms with Crippen LogP contribution in [0.5, 0.6) is 0 Å². The molecule has 0 aliphatic carbocycles. The molecule has 0 fully saturated rings. The third-order valence-electron chi connectivity index (χ3n) is 5.07. The first-order valence-corrected chi connectivity index (χ1v) is 11.1. The molecule has 0 aromatic heterocycles. The zero-order chi connectivity index (χ0) is 27.2. The van der Waals surface area contributed by atoms with Crippen LogP contribution in [-0.2, 0) is 6.18 Å². The number of halogens is 11. The molecule has 0 bridgehead atoms. The van der Waals surface area contributed by atoms with Crippen LogP contribution in [0.15, 0.2) is 33.5 Å². The molecule has 0 spiro atoms. The number of fused-ring (bicyclic) bond motifs is 1. The van der Waals surface area contributed by atoms with Crippen molar-refractivity contribution in [2.24, 2.45) is 15.9 Å². The second-order valence-corrected chi connectivity index (χ2v) is 9.10. The van der Waals surface area contributed by atoms with Crippen molar-refractivity contribution in [3.63, 3.8) is 0 Å². The highest BCUT2D eigenvalue weighted by molar-refractivity contribution is 6.39. The van der Waals surface area contributed by atoms with E-state index in [1.807, 2.05) is 13.8 Å². The molecule has 36 heavy (non-hydrogen) atoms. The maximum Gasteiger partial charge on any atom is 0.451 e. The Morgan fingerprint density at radius 3 is 2.03 bits per heavy atom. The highest BCUT2D eigenvalue weighted by atomic mass is 35.5. The number of hydrogen-bond donors (Lipinski definition) is 2. The molecule has 0 saturated heterocycles. The predicted molar refractivity (Wildman–Crippen MR) is 117 cm³/mol. The highest BCUT2D eigenvalue weighted by Crippen LogP contribution is 2.44. The van der Waals surface area contributed by atoms with E-state index in [1.54, 1.807) is 0 Å². The van der Waals surface area contributed by atoms with Crippen LogP contribution in [-0.4, -0.2) is 36.6 Å². The molecule has 2 aliphatic rings. The first-order valence-electron chi connectivity index (χ1n) is 10.3. The van der Waals surface area contributed by atoms with Crippen molar-refractivity contribution in [1.82, 2.24) is 10.7 Å². The van der Waals surface area contributed by atoms with E-state index in [2.05, 4.69) is 20.7 Å². The summed E-state index contributed by atoms with van der Waals surface area (Å²) < 4.78 is 121. The van der Waals surface area contributed by atoms with Gasteiger partial charge in [-0.2, -0.15) is 44.9 Å². The van der Waals surface area contributed by atoms with Gasteiger partial charge >= 0.3 is 18.5 Å². The molecule has 1 aromatic carbocycles. The normalized spacial score (nSPS) is 19.1. The SMILES string of the molecule is CC(C)CCCNC1=C2C(C(F)(F)F)=NC(C(F)(F)F)=NC2NN1c1c(Cl)cc(C(F)(F)F)cc1Cl. The van der Waals surface area contributed by atoms with E-state index in [-0.39, 0.29) is 12.5 Å². The van der Waals surface area contributed by atoms with E-state index in [0.717, 1.165) is 5.01 Å². The third kappa shape index (κ3) is 6.02.